The minimum atomic E-state index is 0. The molecule has 3 aliphatic rings. The summed E-state index contributed by atoms with van der Waals surface area (Å²) in [6.45, 7) is 6.28. The molecule has 0 aliphatic carbocycles. The van der Waals surface area contributed by atoms with E-state index in [4.69, 9.17) is 16.2 Å². The monoisotopic (exact) mass is 666 g/mol. The van der Waals surface area contributed by atoms with E-state index < -0.39 is 0 Å². The van der Waals surface area contributed by atoms with Crippen LogP contribution in [0.1, 0.15) is 12.8 Å². The van der Waals surface area contributed by atoms with Crippen molar-refractivity contribution < 1.29 is 14.6 Å². The summed E-state index contributed by atoms with van der Waals surface area (Å²) in [7, 11) is 0. The highest BCUT2D eigenvalue weighted by Crippen LogP contribution is 2.39. The van der Waals surface area contributed by atoms with Crippen molar-refractivity contribution >= 4 is 60.3 Å². The molecule has 44 heavy (non-hydrogen) atoms. The van der Waals surface area contributed by atoms with Crippen LogP contribution in [-0.4, -0.2) is 102 Å². The summed E-state index contributed by atoms with van der Waals surface area (Å²) >= 11 is 0. The molecule has 2 atom stereocenters. The Kier molecular flexibility index (Phi) is 12.6. The molecule has 2 unspecified atom stereocenters. The average molecular weight is 668 g/mol. The van der Waals surface area contributed by atoms with Crippen molar-refractivity contribution in [3.05, 3.63) is 54.6 Å². The van der Waals surface area contributed by atoms with Crippen molar-refractivity contribution in [3.63, 3.8) is 0 Å². The van der Waals surface area contributed by atoms with Gasteiger partial charge in [-0.2, -0.15) is 0 Å². The van der Waals surface area contributed by atoms with E-state index >= 15 is 0 Å². The maximum Gasteiger partial charge on any atom is 0.236 e. The van der Waals surface area contributed by atoms with Crippen molar-refractivity contribution in [1.29, 1.82) is 0 Å². The number of hydrogen-bond donors (Lipinski definition) is 3. The number of fused-ring (bicyclic) bond motifs is 2. The second-order valence-corrected chi connectivity index (χ2v) is 11.0. The Balaban J connectivity index is 0.00000176. The number of aromatic hydroxyl groups is 1. The molecule has 11 nitrogen and oxygen atoms in total. The van der Waals surface area contributed by atoms with E-state index in [1.807, 2.05) is 29.2 Å². The largest absolute Gasteiger partial charge is 0.507 e. The number of phenols is 1. The van der Waals surface area contributed by atoms with E-state index in [9.17, 15) is 9.90 Å². The Morgan fingerprint density at radius 2 is 1.64 bits per heavy atom. The van der Waals surface area contributed by atoms with Crippen LogP contribution < -0.4 is 26.0 Å². The molecule has 2 aromatic carbocycles. The first-order chi connectivity index (χ1) is 20.0. The van der Waals surface area contributed by atoms with Gasteiger partial charge in [-0.25, -0.2) is 0 Å². The number of nitrogens with zero attached hydrogens (tertiary/aromatic N) is 6. The standard InChI is InChI=1S/C30H38N8O3.3ClH/c31-18-29(40)36-12-10-35(11-13-36)14-15-41-24-5-3-4-21(16-24)38-22-8-9-23(38)20-37(19-22)27-17-26(33-34-30(27)32)25-6-1-2-7-28(25)39;;;/h1-7,16-17,22-23,39H,8-15,18-20,31H2,(H2,32,34);3*1H. The highest BCUT2D eigenvalue weighted by molar-refractivity contribution is 5.86. The zero-order valence-corrected chi connectivity index (χ0v) is 26.9. The Morgan fingerprint density at radius 1 is 0.932 bits per heavy atom. The van der Waals surface area contributed by atoms with Crippen molar-refractivity contribution in [2.24, 2.45) is 5.73 Å². The van der Waals surface area contributed by atoms with Crippen molar-refractivity contribution in [1.82, 2.24) is 20.0 Å². The molecule has 0 saturated carbocycles. The fourth-order valence-electron chi connectivity index (χ4n) is 6.36. The fourth-order valence-corrected chi connectivity index (χ4v) is 6.36. The molecule has 3 fully saturated rings. The predicted molar refractivity (Wildman–Crippen MR) is 181 cm³/mol. The van der Waals surface area contributed by atoms with Gasteiger partial charge in [0.1, 0.15) is 18.1 Å². The highest BCUT2D eigenvalue weighted by atomic mass is 35.5. The van der Waals surface area contributed by atoms with Crippen LogP contribution in [0.2, 0.25) is 0 Å². The fraction of sp³-hybridized carbons (Fsp3) is 0.433. The normalized spacial score (nSPS) is 19.4. The summed E-state index contributed by atoms with van der Waals surface area (Å²) in [5.41, 5.74) is 15.1. The lowest BCUT2D eigenvalue weighted by Gasteiger charge is -2.43. The first-order valence-corrected chi connectivity index (χ1v) is 14.4. The van der Waals surface area contributed by atoms with E-state index in [1.165, 1.54) is 5.69 Å². The average Bonchev–Trinajstić information content (AvgIpc) is 3.27. The van der Waals surface area contributed by atoms with Crippen LogP contribution in [-0.2, 0) is 4.79 Å². The van der Waals surface area contributed by atoms with Crippen LogP contribution >= 0.6 is 37.2 Å². The number of benzene rings is 2. The Bertz CT molecular complexity index is 1380. The number of amides is 1. The van der Waals surface area contributed by atoms with E-state index in [-0.39, 0.29) is 55.4 Å². The number of piperazine rings is 2. The summed E-state index contributed by atoms with van der Waals surface area (Å²) in [6, 6.07) is 18.2. The van der Waals surface area contributed by atoms with Crippen LogP contribution in [0, 0.1) is 0 Å². The number of phenolic OH excluding ortho intramolecular Hbond substituents is 1. The van der Waals surface area contributed by atoms with E-state index in [0.29, 0.717) is 35.8 Å². The molecular weight excluding hydrogens is 627 g/mol. The first-order valence-electron chi connectivity index (χ1n) is 14.4. The molecule has 0 radical (unpaired) electrons. The molecule has 5 N–H and O–H groups in total. The number of carbonyl (C=O) groups excluding carboxylic acids is 1. The number of ether oxygens (including phenoxy) is 1. The molecule has 1 aromatic heterocycles. The second kappa shape index (κ2) is 15.7. The second-order valence-electron chi connectivity index (χ2n) is 11.0. The van der Waals surface area contributed by atoms with Gasteiger partial charge in [0.2, 0.25) is 5.91 Å². The number of nitrogens with two attached hydrogens (primary N) is 2. The molecule has 0 spiro atoms. The van der Waals surface area contributed by atoms with Crippen molar-refractivity contribution in [2.45, 2.75) is 24.9 Å². The van der Waals surface area contributed by atoms with Gasteiger partial charge in [-0.15, -0.1) is 47.4 Å². The maximum atomic E-state index is 11.8. The summed E-state index contributed by atoms with van der Waals surface area (Å²) in [6.07, 6.45) is 2.21. The molecule has 4 heterocycles. The number of rotatable bonds is 8. The Morgan fingerprint density at radius 3 is 2.32 bits per heavy atom. The van der Waals surface area contributed by atoms with Gasteiger partial charge in [0.25, 0.3) is 0 Å². The summed E-state index contributed by atoms with van der Waals surface area (Å²) < 4.78 is 6.17. The van der Waals surface area contributed by atoms with Gasteiger partial charge < -0.3 is 36.0 Å². The number of hydrogen-bond acceptors (Lipinski definition) is 10. The minimum absolute atomic E-state index is 0. The number of nitrogen functional groups attached to an aromatic ring is 1. The topological polar surface area (TPSA) is 137 Å². The zero-order chi connectivity index (χ0) is 28.3. The van der Waals surface area contributed by atoms with Crippen molar-refractivity contribution in [3.8, 4) is 22.8 Å². The maximum absolute atomic E-state index is 11.8. The lowest BCUT2D eigenvalue weighted by Crippen LogP contribution is -2.54. The third-order valence-electron chi connectivity index (χ3n) is 8.50. The third kappa shape index (κ3) is 7.52. The molecule has 3 aromatic rings. The zero-order valence-electron chi connectivity index (χ0n) is 24.5. The van der Waals surface area contributed by atoms with Crippen molar-refractivity contribution in [2.75, 3.05) is 74.5 Å². The molecule has 3 aliphatic heterocycles. The molecule has 6 rings (SSSR count). The number of halogens is 3. The van der Waals surface area contributed by atoms with Gasteiger partial charge in [0.15, 0.2) is 5.82 Å². The van der Waals surface area contributed by atoms with Gasteiger partial charge in [-0.05, 0) is 43.2 Å². The number of carbonyl (C=O) groups is 1. The summed E-state index contributed by atoms with van der Waals surface area (Å²) in [5.74, 6) is 1.47. The predicted octanol–water partition coefficient (Wildman–Crippen LogP) is 3.04. The lowest BCUT2D eigenvalue weighted by molar-refractivity contribution is -0.131. The van der Waals surface area contributed by atoms with Crippen LogP contribution in [0.15, 0.2) is 54.6 Å². The summed E-state index contributed by atoms with van der Waals surface area (Å²) in [4.78, 5) is 20.8. The van der Waals surface area contributed by atoms with Crippen LogP contribution in [0.5, 0.6) is 11.5 Å². The van der Waals surface area contributed by atoms with Crippen LogP contribution in [0.3, 0.4) is 0 Å². The molecule has 14 heteroatoms. The minimum Gasteiger partial charge on any atom is -0.507 e. The van der Waals surface area contributed by atoms with E-state index in [0.717, 1.165) is 70.1 Å². The Labute approximate surface area is 276 Å². The van der Waals surface area contributed by atoms with Crippen LogP contribution in [0.25, 0.3) is 11.3 Å². The molecule has 3 saturated heterocycles. The number of aromatic nitrogens is 2. The quantitative estimate of drug-likeness (QED) is 0.329. The van der Waals surface area contributed by atoms with Gasteiger partial charge in [0.05, 0.1) is 17.9 Å². The van der Waals surface area contributed by atoms with Crippen LogP contribution in [0.4, 0.5) is 17.2 Å². The molecular formula is C30H41Cl3N8O3. The first kappa shape index (κ1) is 35.3. The highest BCUT2D eigenvalue weighted by Gasteiger charge is 2.40. The smallest absolute Gasteiger partial charge is 0.236 e. The van der Waals surface area contributed by atoms with Gasteiger partial charge >= 0.3 is 0 Å². The molecule has 2 bridgehead atoms. The van der Waals surface area contributed by atoms with Gasteiger partial charge in [0, 0.05) is 75.2 Å². The lowest BCUT2D eigenvalue weighted by atomic mass is 10.1. The van der Waals surface area contributed by atoms with Gasteiger partial charge in [-0.3, -0.25) is 9.69 Å². The van der Waals surface area contributed by atoms with Gasteiger partial charge in [-0.1, -0.05) is 18.2 Å². The number of para-hydroxylation sites is 1. The molecule has 240 valence electrons. The van der Waals surface area contributed by atoms with E-state index in [2.05, 4.69) is 43.1 Å². The number of anilines is 3. The van der Waals surface area contributed by atoms with E-state index in [1.54, 1.807) is 12.1 Å². The third-order valence-corrected chi connectivity index (χ3v) is 8.50. The Hall–Kier alpha value is -3.22. The SMILES string of the molecule is Cl.Cl.Cl.NCC(=O)N1CCN(CCOc2cccc(N3C4CCC3CN(c3cc(-c5ccccc5O)nnc3N)C4)c2)CC1. The molecule has 1 amide bonds. The summed E-state index contributed by atoms with van der Waals surface area (Å²) in [5, 5.41) is 18.8.